The summed E-state index contributed by atoms with van der Waals surface area (Å²) in [6.45, 7) is 1.92. The molecule has 0 amide bonds. The van der Waals surface area contributed by atoms with Crippen LogP contribution in [0.5, 0.6) is 0 Å². The maximum absolute atomic E-state index is 12.4. The van der Waals surface area contributed by atoms with E-state index < -0.39 is 0 Å². The first-order chi connectivity index (χ1) is 10.7. The summed E-state index contributed by atoms with van der Waals surface area (Å²) in [5.41, 5.74) is 3.32. The lowest BCUT2D eigenvalue weighted by atomic mass is 10.0. The third-order valence-corrected chi connectivity index (χ3v) is 3.91. The standard InChI is InChI=1S/C19H14N2O/c1-12-9-10-16-18(22)11-17(21-19(16)20-12)15-8-4-6-13-5-2-3-7-14(13)15/h2-11H,1H3,(H,20,21,22). The lowest BCUT2D eigenvalue weighted by molar-refractivity contribution is 1.20. The summed E-state index contributed by atoms with van der Waals surface area (Å²) >= 11 is 0. The van der Waals surface area contributed by atoms with Crippen LogP contribution in [0, 0.1) is 6.92 Å². The zero-order chi connectivity index (χ0) is 15.1. The number of nitrogens with one attached hydrogen (secondary N) is 1. The van der Waals surface area contributed by atoms with Gasteiger partial charge in [-0.25, -0.2) is 4.98 Å². The lowest BCUT2D eigenvalue weighted by Crippen LogP contribution is -2.04. The van der Waals surface area contributed by atoms with Gasteiger partial charge < -0.3 is 4.98 Å². The number of aromatic amines is 1. The number of benzene rings is 2. The summed E-state index contributed by atoms with van der Waals surface area (Å²) in [6.07, 6.45) is 0. The number of H-pyrrole nitrogens is 1. The van der Waals surface area contributed by atoms with Gasteiger partial charge in [-0.3, -0.25) is 4.79 Å². The molecular formula is C19H14N2O. The highest BCUT2D eigenvalue weighted by molar-refractivity contribution is 5.96. The van der Waals surface area contributed by atoms with Crippen molar-refractivity contribution in [1.82, 2.24) is 9.97 Å². The van der Waals surface area contributed by atoms with E-state index in [0.717, 1.165) is 27.7 Å². The van der Waals surface area contributed by atoms with Crippen molar-refractivity contribution in [1.29, 1.82) is 0 Å². The molecule has 0 aliphatic rings. The monoisotopic (exact) mass is 286 g/mol. The van der Waals surface area contributed by atoms with Crippen molar-refractivity contribution in [3.8, 4) is 11.3 Å². The van der Waals surface area contributed by atoms with Gasteiger partial charge in [0.1, 0.15) is 5.65 Å². The molecule has 2 aromatic heterocycles. The topological polar surface area (TPSA) is 45.8 Å². The minimum Gasteiger partial charge on any atom is -0.339 e. The smallest absolute Gasteiger partial charge is 0.191 e. The van der Waals surface area contributed by atoms with Crippen molar-refractivity contribution in [3.63, 3.8) is 0 Å². The van der Waals surface area contributed by atoms with Crippen LogP contribution in [0.3, 0.4) is 0 Å². The number of fused-ring (bicyclic) bond motifs is 2. The Balaban J connectivity index is 2.06. The molecule has 2 heterocycles. The van der Waals surface area contributed by atoms with E-state index in [9.17, 15) is 4.79 Å². The Bertz CT molecular complexity index is 1060. The van der Waals surface area contributed by atoms with Gasteiger partial charge in [-0.05, 0) is 29.8 Å². The first-order valence-corrected chi connectivity index (χ1v) is 7.21. The molecule has 0 aliphatic carbocycles. The molecule has 0 bridgehead atoms. The van der Waals surface area contributed by atoms with E-state index in [1.165, 1.54) is 0 Å². The van der Waals surface area contributed by atoms with Crippen molar-refractivity contribution in [3.05, 3.63) is 76.6 Å². The van der Waals surface area contributed by atoms with Gasteiger partial charge in [0.2, 0.25) is 0 Å². The number of hydrogen-bond acceptors (Lipinski definition) is 2. The van der Waals surface area contributed by atoms with Crippen LogP contribution in [0.1, 0.15) is 5.69 Å². The highest BCUT2D eigenvalue weighted by atomic mass is 16.1. The number of rotatable bonds is 1. The molecule has 3 nitrogen and oxygen atoms in total. The van der Waals surface area contributed by atoms with E-state index in [0.29, 0.717) is 11.0 Å². The maximum atomic E-state index is 12.4. The molecule has 1 N–H and O–H groups in total. The van der Waals surface area contributed by atoms with Gasteiger partial charge in [-0.15, -0.1) is 0 Å². The summed E-state index contributed by atoms with van der Waals surface area (Å²) in [5.74, 6) is 0. The van der Waals surface area contributed by atoms with Crippen molar-refractivity contribution < 1.29 is 0 Å². The van der Waals surface area contributed by atoms with Crippen molar-refractivity contribution in [2.45, 2.75) is 6.92 Å². The first-order valence-electron chi connectivity index (χ1n) is 7.21. The van der Waals surface area contributed by atoms with E-state index in [1.807, 2.05) is 43.3 Å². The molecule has 0 saturated carbocycles. The fourth-order valence-electron chi connectivity index (χ4n) is 2.83. The summed E-state index contributed by atoms with van der Waals surface area (Å²) in [5, 5.41) is 2.89. The Kier molecular flexibility index (Phi) is 2.79. The second-order valence-electron chi connectivity index (χ2n) is 5.42. The second-order valence-corrected chi connectivity index (χ2v) is 5.42. The van der Waals surface area contributed by atoms with Gasteiger partial charge in [0.25, 0.3) is 0 Å². The van der Waals surface area contributed by atoms with Gasteiger partial charge in [0, 0.05) is 17.3 Å². The van der Waals surface area contributed by atoms with Crippen LogP contribution in [0.25, 0.3) is 33.1 Å². The number of aryl methyl sites for hydroxylation is 1. The number of aromatic nitrogens is 2. The molecule has 0 fully saturated rings. The zero-order valence-corrected chi connectivity index (χ0v) is 12.1. The minimum atomic E-state index is -0.0100. The highest BCUT2D eigenvalue weighted by Gasteiger charge is 2.08. The van der Waals surface area contributed by atoms with E-state index in [-0.39, 0.29) is 5.43 Å². The average Bonchev–Trinajstić information content (AvgIpc) is 2.53. The predicted octanol–water partition coefficient (Wildman–Crippen LogP) is 4.05. The molecule has 0 saturated heterocycles. The molecule has 4 rings (SSSR count). The van der Waals surface area contributed by atoms with Crippen LogP contribution in [0.15, 0.2) is 65.5 Å². The maximum Gasteiger partial charge on any atom is 0.191 e. The van der Waals surface area contributed by atoms with Crippen molar-refractivity contribution in [2.75, 3.05) is 0 Å². The molecule has 3 heteroatoms. The van der Waals surface area contributed by atoms with Crippen LogP contribution in [-0.4, -0.2) is 9.97 Å². The first kappa shape index (κ1) is 12.8. The SMILES string of the molecule is Cc1ccc2c(=O)cc(-c3cccc4ccccc34)[nH]c2n1. The summed E-state index contributed by atoms with van der Waals surface area (Å²) in [7, 11) is 0. The number of pyridine rings is 2. The third kappa shape index (κ3) is 1.99. The van der Waals surface area contributed by atoms with Crippen LogP contribution in [0.2, 0.25) is 0 Å². The van der Waals surface area contributed by atoms with E-state index in [4.69, 9.17) is 0 Å². The number of hydrogen-bond donors (Lipinski definition) is 1. The Morgan fingerprint density at radius 1 is 0.909 bits per heavy atom. The van der Waals surface area contributed by atoms with E-state index >= 15 is 0 Å². The molecule has 4 aromatic rings. The fraction of sp³-hybridized carbons (Fsp3) is 0.0526. The molecule has 0 spiro atoms. The molecule has 0 radical (unpaired) electrons. The fourth-order valence-corrected chi connectivity index (χ4v) is 2.83. The van der Waals surface area contributed by atoms with Crippen LogP contribution in [0.4, 0.5) is 0 Å². The summed E-state index contributed by atoms with van der Waals surface area (Å²) in [4.78, 5) is 20.1. The molecule has 0 atom stereocenters. The molecule has 106 valence electrons. The van der Waals surface area contributed by atoms with Crippen molar-refractivity contribution in [2.24, 2.45) is 0 Å². The van der Waals surface area contributed by atoms with Crippen LogP contribution >= 0.6 is 0 Å². The van der Waals surface area contributed by atoms with E-state index in [1.54, 1.807) is 6.07 Å². The summed E-state index contributed by atoms with van der Waals surface area (Å²) < 4.78 is 0. The van der Waals surface area contributed by atoms with Gasteiger partial charge in [0.15, 0.2) is 5.43 Å². The second kappa shape index (κ2) is 4.81. The minimum absolute atomic E-state index is 0.0100. The Morgan fingerprint density at radius 2 is 1.73 bits per heavy atom. The molecule has 0 aliphatic heterocycles. The van der Waals surface area contributed by atoms with Crippen LogP contribution < -0.4 is 5.43 Å². The normalized spacial score (nSPS) is 11.1. The van der Waals surface area contributed by atoms with Gasteiger partial charge in [0.05, 0.1) is 11.1 Å². The molecule has 0 unspecified atom stereocenters. The van der Waals surface area contributed by atoms with Crippen LogP contribution in [-0.2, 0) is 0 Å². The molecular weight excluding hydrogens is 272 g/mol. The quantitative estimate of drug-likeness (QED) is 0.573. The number of nitrogens with zero attached hydrogens (tertiary/aromatic N) is 1. The van der Waals surface area contributed by atoms with Crippen molar-refractivity contribution >= 4 is 21.8 Å². The van der Waals surface area contributed by atoms with Gasteiger partial charge >= 0.3 is 0 Å². The van der Waals surface area contributed by atoms with Gasteiger partial charge in [-0.1, -0.05) is 42.5 Å². The Hall–Kier alpha value is -2.94. The predicted molar refractivity (Wildman–Crippen MR) is 90.0 cm³/mol. The largest absolute Gasteiger partial charge is 0.339 e. The van der Waals surface area contributed by atoms with E-state index in [2.05, 4.69) is 28.2 Å². The molecule has 2 aromatic carbocycles. The molecule has 22 heavy (non-hydrogen) atoms. The summed E-state index contributed by atoms with van der Waals surface area (Å²) in [6, 6.07) is 19.6. The average molecular weight is 286 g/mol. The Labute approximate surface area is 127 Å². The zero-order valence-electron chi connectivity index (χ0n) is 12.1. The highest BCUT2D eigenvalue weighted by Crippen LogP contribution is 2.27. The third-order valence-electron chi connectivity index (χ3n) is 3.91. The Morgan fingerprint density at radius 3 is 2.64 bits per heavy atom. The lowest BCUT2D eigenvalue weighted by Gasteiger charge is -2.08. The van der Waals surface area contributed by atoms with Gasteiger partial charge in [-0.2, -0.15) is 0 Å².